The molecule has 0 N–H and O–H groups in total. The first-order chi connectivity index (χ1) is 5.94. The zero-order chi connectivity index (χ0) is 10.1. The molecular formula is C11H18O2. The summed E-state index contributed by atoms with van der Waals surface area (Å²) in [6.45, 7) is 8.60. The Morgan fingerprint density at radius 1 is 1.46 bits per heavy atom. The maximum atomic E-state index is 10.6. The van der Waals surface area contributed by atoms with Gasteiger partial charge < -0.3 is 4.74 Å². The molecule has 0 aromatic carbocycles. The van der Waals surface area contributed by atoms with E-state index in [4.69, 9.17) is 4.74 Å². The minimum atomic E-state index is -0.191. The van der Waals surface area contributed by atoms with E-state index < -0.39 is 0 Å². The lowest BCUT2D eigenvalue weighted by Gasteiger charge is -2.30. The molecule has 2 heteroatoms. The molecule has 0 radical (unpaired) electrons. The molecule has 0 aromatic rings. The van der Waals surface area contributed by atoms with Crippen molar-refractivity contribution < 1.29 is 9.53 Å². The molecule has 2 nitrogen and oxygen atoms in total. The topological polar surface area (TPSA) is 26.3 Å². The van der Waals surface area contributed by atoms with Crippen LogP contribution in [0.25, 0.3) is 0 Å². The van der Waals surface area contributed by atoms with Crippen molar-refractivity contribution in [3.63, 3.8) is 0 Å². The highest BCUT2D eigenvalue weighted by atomic mass is 16.5. The first-order valence-electron chi connectivity index (χ1n) is 4.76. The zero-order valence-electron chi connectivity index (χ0n) is 8.83. The monoisotopic (exact) mass is 182 g/mol. The number of hydrogen-bond acceptors (Lipinski definition) is 2. The normalized spacial score (nSPS) is 30.5. The van der Waals surface area contributed by atoms with Gasteiger partial charge in [0, 0.05) is 12.8 Å². The summed E-state index contributed by atoms with van der Waals surface area (Å²) in [5.41, 5.74) is 0.218. The Hall–Kier alpha value is -0.790. The molecule has 0 spiro atoms. The first-order valence-corrected chi connectivity index (χ1v) is 4.76. The van der Waals surface area contributed by atoms with E-state index >= 15 is 0 Å². The van der Waals surface area contributed by atoms with Gasteiger partial charge in [0.15, 0.2) is 0 Å². The number of ether oxygens (including phenoxy) is 1. The number of carbonyl (C=O) groups excluding carboxylic acids is 1. The van der Waals surface area contributed by atoms with Crippen molar-refractivity contribution in [2.75, 3.05) is 6.61 Å². The average molecular weight is 182 g/mol. The molecule has 0 bridgehead atoms. The Morgan fingerprint density at radius 2 is 2.08 bits per heavy atom. The number of hydrogen-bond donors (Lipinski definition) is 0. The van der Waals surface area contributed by atoms with Crippen molar-refractivity contribution in [1.29, 1.82) is 0 Å². The summed E-state index contributed by atoms with van der Waals surface area (Å²) in [5, 5.41) is 0. The number of esters is 1. The van der Waals surface area contributed by atoms with Gasteiger partial charge in [0.25, 0.3) is 0 Å². The van der Waals surface area contributed by atoms with Crippen LogP contribution in [0.4, 0.5) is 0 Å². The Kier molecular flexibility index (Phi) is 2.79. The van der Waals surface area contributed by atoms with Gasteiger partial charge in [-0.2, -0.15) is 0 Å². The fourth-order valence-electron chi connectivity index (χ4n) is 1.61. The minimum absolute atomic E-state index is 0.191. The maximum Gasteiger partial charge on any atom is 0.302 e. The Bertz CT molecular complexity index is 228. The summed E-state index contributed by atoms with van der Waals surface area (Å²) in [5.74, 6) is 0.739. The summed E-state index contributed by atoms with van der Waals surface area (Å²) in [4.78, 5) is 10.6. The third kappa shape index (κ3) is 2.11. The SMILES string of the molecule is CC(=O)OCC1C=CC(C)C1(C)C. The summed E-state index contributed by atoms with van der Waals surface area (Å²) >= 11 is 0. The van der Waals surface area contributed by atoms with Crippen LogP contribution in [0.3, 0.4) is 0 Å². The first kappa shape index (κ1) is 10.3. The molecule has 0 heterocycles. The highest BCUT2D eigenvalue weighted by Crippen LogP contribution is 2.42. The largest absolute Gasteiger partial charge is 0.465 e. The summed E-state index contributed by atoms with van der Waals surface area (Å²) in [6.07, 6.45) is 4.36. The van der Waals surface area contributed by atoms with Crippen molar-refractivity contribution in [3.8, 4) is 0 Å². The third-order valence-corrected chi connectivity index (χ3v) is 3.23. The molecule has 2 unspecified atom stereocenters. The second-order valence-electron chi connectivity index (χ2n) is 4.40. The third-order valence-electron chi connectivity index (χ3n) is 3.23. The molecule has 0 saturated heterocycles. The highest BCUT2D eigenvalue weighted by Gasteiger charge is 2.36. The van der Waals surface area contributed by atoms with Gasteiger partial charge in [0.1, 0.15) is 0 Å². The molecule has 1 aliphatic carbocycles. The van der Waals surface area contributed by atoms with Gasteiger partial charge in [-0.25, -0.2) is 0 Å². The molecule has 0 amide bonds. The lowest BCUT2D eigenvalue weighted by Crippen LogP contribution is -2.28. The quantitative estimate of drug-likeness (QED) is 0.484. The molecule has 74 valence electrons. The van der Waals surface area contributed by atoms with E-state index in [0.717, 1.165) is 0 Å². The van der Waals surface area contributed by atoms with Crippen LogP contribution in [0.15, 0.2) is 12.2 Å². The Morgan fingerprint density at radius 3 is 2.46 bits per heavy atom. The van der Waals surface area contributed by atoms with E-state index in [9.17, 15) is 4.79 Å². The Balaban J connectivity index is 2.52. The van der Waals surface area contributed by atoms with Crippen LogP contribution < -0.4 is 0 Å². The maximum absolute atomic E-state index is 10.6. The molecule has 0 aliphatic heterocycles. The van der Waals surface area contributed by atoms with Crippen LogP contribution in [0.5, 0.6) is 0 Å². The van der Waals surface area contributed by atoms with E-state index in [1.54, 1.807) is 0 Å². The van der Waals surface area contributed by atoms with Crippen LogP contribution >= 0.6 is 0 Å². The number of carbonyl (C=O) groups is 1. The molecule has 1 rings (SSSR count). The van der Waals surface area contributed by atoms with Crippen LogP contribution in [-0.2, 0) is 9.53 Å². The van der Waals surface area contributed by atoms with Crippen molar-refractivity contribution in [1.82, 2.24) is 0 Å². The van der Waals surface area contributed by atoms with Crippen LogP contribution in [0.1, 0.15) is 27.7 Å². The van der Waals surface area contributed by atoms with Crippen LogP contribution in [-0.4, -0.2) is 12.6 Å². The van der Waals surface area contributed by atoms with Gasteiger partial charge in [0.05, 0.1) is 6.61 Å². The predicted octanol–water partition coefficient (Wildman–Crippen LogP) is 2.40. The molecule has 13 heavy (non-hydrogen) atoms. The van der Waals surface area contributed by atoms with Gasteiger partial charge in [0.2, 0.25) is 0 Å². The second-order valence-corrected chi connectivity index (χ2v) is 4.40. The summed E-state index contributed by atoms with van der Waals surface area (Å²) in [7, 11) is 0. The van der Waals surface area contributed by atoms with Gasteiger partial charge in [-0.15, -0.1) is 0 Å². The van der Waals surface area contributed by atoms with Crippen molar-refractivity contribution in [2.45, 2.75) is 27.7 Å². The number of allylic oxidation sites excluding steroid dienone is 1. The zero-order valence-corrected chi connectivity index (χ0v) is 8.83. The fourth-order valence-corrected chi connectivity index (χ4v) is 1.61. The molecule has 0 saturated carbocycles. The van der Waals surface area contributed by atoms with Crippen molar-refractivity contribution in [3.05, 3.63) is 12.2 Å². The second kappa shape index (κ2) is 3.52. The van der Waals surface area contributed by atoms with E-state index in [0.29, 0.717) is 18.4 Å². The van der Waals surface area contributed by atoms with E-state index in [-0.39, 0.29) is 11.4 Å². The lowest BCUT2D eigenvalue weighted by molar-refractivity contribution is -0.142. The van der Waals surface area contributed by atoms with E-state index in [1.165, 1.54) is 6.92 Å². The van der Waals surface area contributed by atoms with Gasteiger partial charge in [-0.3, -0.25) is 4.79 Å². The summed E-state index contributed by atoms with van der Waals surface area (Å²) < 4.78 is 5.02. The molecule has 0 aromatic heterocycles. The molecule has 0 fully saturated rings. The summed E-state index contributed by atoms with van der Waals surface area (Å²) in [6, 6.07) is 0. The van der Waals surface area contributed by atoms with Gasteiger partial charge in [-0.05, 0) is 11.3 Å². The van der Waals surface area contributed by atoms with Crippen LogP contribution in [0, 0.1) is 17.3 Å². The standard InChI is InChI=1S/C11H18O2/c1-8-5-6-10(11(8,3)4)7-13-9(2)12/h5-6,8,10H,7H2,1-4H3. The fraction of sp³-hybridized carbons (Fsp3) is 0.727. The van der Waals surface area contributed by atoms with Gasteiger partial charge in [-0.1, -0.05) is 32.9 Å². The smallest absolute Gasteiger partial charge is 0.302 e. The number of rotatable bonds is 2. The lowest BCUT2D eigenvalue weighted by atomic mass is 9.75. The molecule has 2 atom stereocenters. The average Bonchev–Trinajstić information content (AvgIpc) is 2.25. The molecular weight excluding hydrogens is 164 g/mol. The van der Waals surface area contributed by atoms with Crippen LogP contribution in [0.2, 0.25) is 0 Å². The van der Waals surface area contributed by atoms with E-state index in [1.807, 2.05) is 0 Å². The Labute approximate surface area is 80.0 Å². The van der Waals surface area contributed by atoms with Crippen molar-refractivity contribution >= 4 is 5.97 Å². The minimum Gasteiger partial charge on any atom is -0.465 e. The van der Waals surface area contributed by atoms with E-state index in [2.05, 4.69) is 32.9 Å². The predicted molar refractivity (Wildman–Crippen MR) is 52.2 cm³/mol. The molecule has 1 aliphatic rings. The van der Waals surface area contributed by atoms with Gasteiger partial charge >= 0.3 is 5.97 Å². The van der Waals surface area contributed by atoms with Crippen molar-refractivity contribution in [2.24, 2.45) is 17.3 Å². The highest BCUT2D eigenvalue weighted by molar-refractivity contribution is 5.65.